The Labute approximate surface area is 141 Å². The first-order valence-corrected chi connectivity index (χ1v) is 8.15. The van der Waals surface area contributed by atoms with E-state index in [1.54, 1.807) is 12.4 Å². The van der Waals surface area contributed by atoms with Crippen molar-refractivity contribution in [1.29, 1.82) is 0 Å². The van der Waals surface area contributed by atoms with Gasteiger partial charge in [0.15, 0.2) is 5.82 Å². The molecule has 6 heteroatoms. The fourth-order valence-corrected chi connectivity index (χ4v) is 3.07. The third-order valence-corrected chi connectivity index (χ3v) is 4.65. The average molecular weight is 320 g/mol. The van der Waals surface area contributed by atoms with Crippen molar-refractivity contribution in [1.82, 2.24) is 29.4 Å². The lowest BCUT2D eigenvalue weighted by molar-refractivity contribution is 0.237. The summed E-state index contributed by atoms with van der Waals surface area (Å²) in [4.78, 5) is 20.2. The van der Waals surface area contributed by atoms with Gasteiger partial charge < -0.3 is 4.57 Å². The number of nitrogens with zero attached hydrogens (tertiary/aromatic N) is 6. The second kappa shape index (κ2) is 6.13. The van der Waals surface area contributed by atoms with Gasteiger partial charge in [0.25, 0.3) is 0 Å². The third kappa shape index (κ3) is 2.80. The number of aromatic nitrogens is 5. The predicted octanol–water partition coefficient (Wildman–Crippen LogP) is 2.14. The van der Waals surface area contributed by atoms with Gasteiger partial charge in [-0.1, -0.05) is 0 Å². The number of hydrogen-bond donors (Lipinski definition) is 0. The predicted molar refractivity (Wildman–Crippen MR) is 91.0 cm³/mol. The minimum Gasteiger partial charge on any atom is -0.334 e. The van der Waals surface area contributed by atoms with E-state index in [0.717, 1.165) is 49.0 Å². The van der Waals surface area contributed by atoms with Crippen molar-refractivity contribution in [2.24, 2.45) is 7.05 Å². The normalized spacial score (nSPS) is 14.6. The summed E-state index contributed by atoms with van der Waals surface area (Å²) < 4.78 is 2.15. The summed E-state index contributed by atoms with van der Waals surface area (Å²) in [6, 6.07) is 3.89. The van der Waals surface area contributed by atoms with Crippen LogP contribution in [0.5, 0.6) is 0 Å². The van der Waals surface area contributed by atoms with Crippen molar-refractivity contribution in [3.8, 4) is 11.4 Å². The summed E-state index contributed by atoms with van der Waals surface area (Å²) in [5.41, 5.74) is 4.64. The molecule has 4 rings (SSSR count). The van der Waals surface area contributed by atoms with Crippen LogP contribution in [0.15, 0.2) is 36.9 Å². The number of imidazole rings is 1. The summed E-state index contributed by atoms with van der Waals surface area (Å²) in [5, 5.41) is 0. The van der Waals surface area contributed by atoms with Crippen molar-refractivity contribution < 1.29 is 0 Å². The highest BCUT2D eigenvalue weighted by molar-refractivity contribution is 5.54. The SMILES string of the molecule is Cc1ncc(CN2CCc3nc(-c4ccncc4)ncc3C2)n1C. The monoisotopic (exact) mass is 320 g/mol. The maximum Gasteiger partial charge on any atom is 0.159 e. The zero-order valence-electron chi connectivity index (χ0n) is 14.0. The summed E-state index contributed by atoms with van der Waals surface area (Å²) >= 11 is 0. The molecule has 1 aliphatic rings. The molecule has 0 saturated carbocycles. The van der Waals surface area contributed by atoms with E-state index in [4.69, 9.17) is 4.98 Å². The fourth-order valence-electron chi connectivity index (χ4n) is 3.07. The molecule has 0 fully saturated rings. The standard InChI is InChI=1S/C18H20N6/c1-13-20-10-16(23(13)2)12-24-8-5-17-15(11-24)9-21-18(22-17)14-3-6-19-7-4-14/h3-4,6-7,9-10H,5,8,11-12H2,1-2H3. The molecular weight excluding hydrogens is 300 g/mol. The highest BCUT2D eigenvalue weighted by atomic mass is 15.2. The topological polar surface area (TPSA) is 59.7 Å². The van der Waals surface area contributed by atoms with Crippen LogP contribution >= 0.6 is 0 Å². The van der Waals surface area contributed by atoms with Gasteiger partial charge in [-0.05, 0) is 19.1 Å². The summed E-state index contributed by atoms with van der Waals surface area (Å²) in [6.07, 6.45) is 8.44. The van der Waals surface area contributed by atoms with Gasteiger partial charge in [-0.2, -0.15) is 0 Å². The molecule has 0 aliphatic carbocycles. The zero-order valence-corrected chi connectivity index (χ0v) is 14.0. The van der Waals surface area contributed by atoms with Crippen LogP contribution in [0.4, 0.5) is 0 Å². The first-order chi connectivity index (χ1) is 11.7. The summed E-state index contributed by atoms with van der Waals surface area (Å²) in [7, 11) is 2.07. The average Bonchev–Trinajstić information content (AvgIpc) is 2.94. The quantitative estimate of drug-likeness (QED) is 0.740. The van der Waals surface area contributed by atoms with Gasteiger partial charge >= 0.3 is 0 Å². The lowest BCUT2D eigenvalue weighted by Crippen LogP contribution is -2.31. The number of rotatable bonds is 3. The van der Waals surface area contributed by atoms with E-state index in [1.165, 1.54) is 11.3 Å². The van der Waals surface area contributed by atoms with Crippen molar-refractivity contribution in [3.63, 3.8) is 0 Å². The Kier molecular flexibility index (Phi) is 3.82. The molecule has 0 radical (unpaired) electrons. The Morgan fingerprint density at radius 1 is 1.12 bits per heavy atom. The number of fused-ring (bicyclic) bond motifs is 1. The first kappa shape index (κ1) is 15.0. The van der Waals surface area contributed by atoms with Crippen LogP contribution in [0.3, 0.4) is 0 Å². The molecule has 6 nitrogen and oxygen atoms in total. The molecule has 24 heavy (non-hydrogen) atoms. The van der Waals surface area contributed by atoms with Crippen LogP contribution in [0, 0.1) is 6.92 Å². The van der Waals surface area contributed by atoms with Crippen LogP contribution in [0.1, 0.15) is 22.8 Å². The van der Waals surface area contributed by atoms with E-state index < -0.39 is 0 Å². The summed E-state index contributed by atoms with van der Waals surface area (Å²) in [6.45, 7) is 4.83. The van der Waals surface area contributed by atoms with Gasteiger partial charge in [0.2, 0.25) is 0 Å². The molecule has 0 saturated heterocycles. The number of aryl methyl sites for hydroxylation is 1. The van der Waals surface area contributed by atoms with E-state index in [9.17, 15) is 0 Å². The first-order valence-electron chi connectivity index (χ1n) is 8.15. The molecule has 122 valence electrons. The molecule has 1 aliphatic heterocycles. The van der Waals surface area contributed by atoms with Gasteiger partial charge in [0.1, 0.15) is 5.82 Å². The molecular formula is C18H20N6. The van der Waals surface area contributed by atoms with Crippen LogP contribution in [0.2, 0.25) is 0 Å². The molecule has 0 bridgehead atoms. The number of hydrogen-bond acceptors (Lipinski definition) is 5. The van der Waals surface area contributed by atoms with Gasteiger partial charge in [0, 0.05) is 69.0 Å². The van der Waals surface area contributed by atoms with Gasteiger partial charge in [-0.3, -0.25) is 9.88 Å². The van der Waals surface area contributed by atoms with Crippen molar-refractivity contribution in [2.45, 2.75) is 26.4 Å². The van der Waals surface area contributed by atoms with E-state index in [-0.39, 0.29) is 0 Å². The molecule has 0 atom stereocenters. The van der Waals surface area contributed by atoms with Gasteiger partial charge in [0.05, 0.1) is 11.4 Å². The van der Waals surface area contributed by atoms with Gasteiger partial charge in [-0.25, -0.2) is 15.0 Å². The van der Waals surface area contributed by atoms with Crippen molar-refractivity contribution in [2.75, 3.05) is 6.54 Å². The molecule has 3 aromatic heterocycles. The Bertz CT molecular complexity index is 855. The van der Waals surface area contributed by atoms with Crippen LogP contribution in [0.25, 0.3) is 11.4 Å². The van der Waals surface area contributed by atoms with Crippen molar-refractivity contribution >= 4 is 0 Å². The third-order valence-electron chi connectivity index (χ3n) is 4.65. The molecule has 0 amide bonds. The summed E-state index contributed by atoms with van der Waals surface area (Å²) in [5.74, 6) is 1.83. The van der Waals surface area contributed by atoms with E-state index in [2.05, 4.69) is 31.5 Å². The molecule has 0 aromatic carbocycles. The second-order valence-electron chi connectivity index (χ2n) is 6.22. The van der Waals surface area contributed by atoms with Crippen LogP contribution in [-0.2, 0) is 26.6 Å². The number of pyridine rings is 1. The van der Waals surface area contributed by atoms with Crippen molar-refractivity contribution in [3.05, 3.63) is 59.7 Å². The van der Waals surface area contributed by atoms with Crippen LogP contribution < -0.4 is 0 Å². The van der Waals surface area contributed by atoms with E-state index in [0.29, 0.717) is 0 Å². The second-order valence-corrected chi connectivity index (χ2v) is 6.22. The largest absolute Gasteiger partial charge is 0.334 e. The minimum atomic E-state index is 0.784. The lowest BCUT2D eigenvalue weighted by atomic mass is 10.1. The molecule has 0 N–H and O–H groups in total. The maximum atomic E-state index is 4.76. The molecule has 0 unspecified atom stereocenters. The van der Waals surface area contributed by atoms with E-state index in [1.807, 2.05) is 31.5 Å². The Hall–Kier alpha value is -2.60. The zero-order chi connectivity index (χ0) is 16.5. The fraction of sp³-hybridized carbons (Fsp3) is 0.333. The Morgan fingerprint density at radius 3 is 2.71 bits per heavy atom. The molecule has 3 aromatic rings. The molecule has 0 spiro atoms. The lowest BCUT2D eigenvalue weighted by Gasteiger charge is -2.28. The van der Waals surface area contributed by atoms with Gasteiger partial charge in [-0.15, -0.1) is 0 Å². The Morgan fingerprint density at radius 2 is 1.96 bits per heavy atom. The van der Waals surface area contributed by atoms with Crippen LogP contribution in [-0.4, -0.2) is 35.9 Å². The minimum absolute atomic E-state index is 0.784. The molecule has 4 heterocycles. The Balaban J connectivity index is 1.53. The maximum absolute atomic E-state index is 4.76. The van der Waals surface area contributed by atoms with E-state index >= 15 is 0 Å². The smallest absolute Gasteiger partial charge is 0.159 e. The highest BCUT2D eigenvalue weighted by Gasteiger charge is 2.20. The highest BCUT2D eigenvalue weighted by Crippen LogP contribution is 2.21.